The normalized spacial score (nSPS) is 26.2. The monoisotopic (exact) mass is 248 g/mol. The van der Waals surface area contributed by atoms with Crippen molar-refractivity contribution in [3.8, 4) is 0 Å². The molecule has 1 aliphatic rings. The first-order valence-corrected chi connectivity index (χ1v) is 6.92. The molecule has 0 spiro atoms. The van der Waals surface area contributed by atoms with E-state index in [-0.39, 0.29) is 0 Å². The summed E-state index contributed by atoms with van der Waals surface area (Å²) in [7, 11) is 2.19. The Balaban J connectivity index is 2.07. The molecule has 3 atom stereocenters. The van der Waals surface area contributed by atoms with Gasteiger partial charge >= 0.3 is 0 Å². The molecule has 18 heavy (non-hydrogen) atoms. The maximum absolute atomic E-state index is 5.92. The number of hydrogen-bond donors (Lipinski definition) is 1. The van der Waals surface area contributed by atoms with Crippen molar-refractivity contribution in [2.24, 2.45) is 11.7 Å². The third kappa shape index (κ3) is 2.87. The van der Waals surface area contributed by atoms with Crippen LogP contribution in [0.4, 0.5) is 0 Å². The summed E-state index contributed by atoms with van der Waals surface area (Å²) >= 11 is 0. The largest absolute Gasteiger partial charge is 0.330 e. The highest BCUT2D eigenvalue weighted by molar-refractivity contribution is 5.02. The second-order valence-corrected chi connectivity index (χ2v) is 5.32. The van der Waals surface area contributed by atoms with E-state index in [1.54, 1.807) is 12.4 Å². The Morgan fingerprint density at radius 1 is 1.39 bits per heavy atom. The van der Waals surface area contributed by atoms with Crippen LogP contribution in [0.5, 0.6) is 0 Å². The molecular formula is C14H24N4. The van der Waals surface area contributed by atoms with Crippen molar-refractivity contribution < 1.29 is 0 Å². The van der Waals surface area contributed by atoms with Gasteiger partial charge in [-0.2, -0.15) is 0 Å². The van der Waals surface area contributed by atoms with Gasteiger partial charge in [-0.05, 0) is 39.3 Å². The summed E-state index contributed by atoms with van der Waals surface area (Å²) in [6, 6.07) is 0.886. The number of hydrogen-bond acceptors (Lipinski definition) is 4. The Bertz CT molecular complexity index is 354. The Kier molecular flexibility index (Phi) is 4.66. The minimum Gasteiger partial charge on any atom is -0.330 e. The lowest BCUT2D eigenvalue weighted by Gasteiger charge is -2.40. The van der Waals surface area contributed by atoms with Gasteiger partial charge in [0.1, 0.15) is 0 Å². The van der Waals surface area contributed by atoms with Gasteiger partial charge in [0.05, 0.1) is 11.7 Å². The van der Waals surface area contributed by atoms with Gasteiger partial charge in [0, 0.05) is 24.6 Å². The van der Waals surface area contributed by atoms with E-state index in [4.69, 9.17) is 5.73 Å². The van der Waals surface area contributed by atoms with E-state index in [1.165, 1.54) is 25.7 Å². The third-order valence-corrected chi connectivity index (χ3v) is 4.32. The first kappa shape index (κ1) is 13.4. The number of rotatable bonds is 4. The second-order valence-electron chi connectivity index (χ2n) is 5.32. The van der Waals surface area contributed by atoms with Crippen LogP contribution in [0.2, 0.25) is 0 Å². The summed E-state index contributed by atoms with van der Waals surface area (Å²) in [6.45, 7) is 2.99. The van der Waals surface area contributed by atoms with Crippen molar-refractivity contribution in [3.63, 3.8) is 0 Å². The molecule has 4 nitrogen and oxygen atoms in total. The topological polar surface area (TPSA) is 55.0 Å². The van der Waals surface area contributed by atoms with Gasteiger partial charge in [0.2, 0.25) is 0 Å². The minimum absolute atomic E-state index is 0.302. The number of nitrogens with two attached hydrogens (primary N) is 1. The van der Waals surface area contributed by atoms with Crippen molar-refractivity contribution in [2.45, 2.75) is 44.7 Å². The quantitative estimate of drug-likeness (QED) is 0.885. The van der Waals surface area contributed by atoms with Gasteiger partial charge in [0.15, 0.2) is 0 Å². The molecule has 2 N–H and O–H groups in total. The standard InChI is InChI=1S/C14H24N4/c1-11(13-10-16-7-8-17-13)18(2)14-6-4-3-5-12(14)9-15/h7-8,10-12,14H,3-6,9,15H2,1-2H3. The van der Waals surface area contributed by atoms with Crippen LogP contribution in [0.1, 0.15) is 44.3 Å². The molecule has 0 aliphatic heterocycles. The highest BCUT2D eigenvalue weighted by Crippen LogP contribution is 2.31. The maximum Gasteiger partial charge on any atom is 0.0755 e. The van der Waals surface area contributed by atoms with Gasteiger partial charge in [-0.15, -0.1) is 0 Å². The van der Waals surface area contributed by atoms with Crippen LogP contribution in [0.3, 0.4) is 0 Å². The van der Waals surface area contributed by atoms with Crippen molar-refractivity contribution in [2.75, 3.05) is 13.6 Å². The summed E-state index contributed by atoms with van der Waals surface area (Å²) in [5.41, 5.74) is 6.96. The molecule has 1 heterocycles. The van der Waals surface area contributed by atoms with Crippen LogP contribution in [0.25, 0.3) is 0 Å². The fourth-order valence-electron chi connectivity index (χ4n) is 3.02. The van der Waals surface area contributed by atoms with Gasteiger partial charge in [0.25, 0.3) is 0 Å². The Morgan fingerprint density at radius 2 is 2.17 bits per heavy atom. The van der Waals surface area contributed by atoms with Gasteiger partial charge in [-0.25, -0.2) is 0 Å². The van der Waals surface area contributed by atoms with E-state index < -0.39 is 0 Å². The number of aromatic nitrogens is 2. The lowest BCUT2D eigenvalue weighted by Crippen LogP contribution is -2.44. The smallest absolute Gasteiger partial charge is 0.0755 e. The zero-order valence-electron chi connectivity index (χ0n) is 11.4. The maximum atomic E-state index is 5.92. The predicted molar refractivity (Wildman–Crippen MR) is 73.0 cm³/mol. The number of nitrogens with zero attached hydrogens (tertiary/aromatic N) is 3. The first-order chi connectivity index (χ1) is 8.74. The molecule has 1 aliphatic carbocycles. The SMILES string of the molecule is CC(c1cnccn1)N(C)C1CCCCC1CN. The fourth-order valence-corrected chi connectivity index (χ4v) is 3.02. The van der Waals surface area contributed by atoms with Crippen LogP contribution in [-0.2, 0) is 0 Å². The summed E-state index contributed by atoms with van der Waals surface area (Å²) in [5, 5.41) is 0. The van der Waals surface area contributed by atoms with Crippen LogP contribution in [0, 0.1) is 5.92 Å². The van der Waals surface area contributed by atoms with E-state index in [0.717, 1.165) is 12.2 Å². The van der Waals surface area contributed by atoms with E-state index in [9.17, 15) is 0 Å². The highest BCUT2D eigenvalue weighted by Gasteiger charge is 2.30. The van der Waals surface area contributed by atoms with Crippen molar-refractivity contribution in [1.82, 2.24) is 14.9 Å². The van der Waals surface area contributed by atoms with Gasteiger partial charge in [-0.1, -0.05) is 12.8 Å². The summed E-state index contributed by atoms with van der Waals surface area (Å²) < 4.78 is 0. The minimum atomic E-state index is 0.302. The molecule has 2 rings (SSSR count). The van der Waals surface area contributed by atoms with E-state index in [2.05, 4.69) is 28.8 Å². The molecule has 1 aromatic rings. The molecule has 1 aromatic heterocycles. The second kappa shape index (κ2) is 6.25. The Morgan fingerprint density at radius 3 is 2.83 bits per heavy atom. The van der Waals surface area contributed by atoms with E-state index in [1.807, 2.05) is 6.20 Å². The van der Waals surface area contributed by atoms with Crippen LogP contribution >= 0.6 is 0 Å². The van der Waals surface area contributed by atoms with Crippen molar-refractivity contribution in [3.05, 3.63) is 24.3 Å². The lowest BCUT2D eigenvalue weighted by atomic mass is 9.83. The average Bonchev–Trinajstić information content (AvgIpc) is 2.46. The summed E-state index contributed by atoms with van der Waals surface area (Å²) in [4.78, 5) is 11.0. The average molecular weight is 248 g/mol. The molecular weight excluding hydrogens is 224 g/mol. The zero-order chi connectivity index (χ0) is 13.0. The van der Waals surface area contributed by atoms with Crippen molar-refractivity contribution in [1.29, 1.82) is 0 Å². The molecule has 0 radical (unpaired) electrons. The molecule has 1 fully saturated rings. The van der Waals surface area contributed by atoms with Crippen LogP contribution in [-0.4, -0.2) is 34.5 Å². The molecule has 0 aromatic carbocycles. The molecule has 100 valence electrons. The zero-order valence-corrected chi connectivity index (χ0v) is 11.4. The Labute approximate surface area is 110 Å². The third-order valence-electron chi connectivity index (χ3n) is 4.32. The Hall–Kier alpha value is -1.00. The van der Waals surface area contributed by atoms with Gasteiger partial charge in [-0.3, -0.25) is 14.9 Å². The molecule has 4 heteroatoms. The predicted octanol–water partition coefficient (Wildman–Crippen LogP) is 1.99. The van der Waals surface area contributed by atoms with Crippen LogP contribution in [0.15, 0.2) is 18.6 Å². The summed E-state index contributed by atoms with van der Waals surface area (Å²) in [6.07, 6.45) is 10.5. The fraction of sp³-hybridized carbons (Fsp3) is 0.714. The van der Waals surface area contributed by atoms with E-state index >= 15 is 0 Å². The van der Waals surface area contributed by atoms with Gasteiger partial charge < -0.3 is 5.73 Å². The molecule has 0 saturated heterocycles. The first-order valence-electron chi connectivity index (χ1n) is 6.92. The molecule has 0 amide bonds. The molecule has 3 unspecified atom stereocenters. The molecule has 1 saturated carbocycles. The lowest BCUT2D eigenvalue weighted by molar-refractivity contribution is 0.0971. The molecule has 0 bridgehead atoms. The van der Waals surface area contributed by atoms with Crippen LogP contribution < -0.4 is 5.73 Å². The van der Waals surface area contributed by atoms with E-state index in [0.29, 0.717) is 18.0 Å². The van der Waals surface area contributed by atoms with Crippen molar-refractivity contribution >= 4 is 0 Å². The highest BCUT2D eigenvalue weighted by atomic mass is 15.2. The summed E-state index contributed by atoms with van der Waals surface area (Å²) in [5.74, 6) is 0.628.